The minimum Gasteiger partial charge on any atom is -0.349 e. The molecule has 4 aromatic rings. The molecule has 8 nitrogen and oxygen atoms in total. The zero-order valence-electron chi connectivity index (χ0n) is 22.7. The van der Waals surface area contributed by atoms with Crippen LogP contribution in [0.3, 0.4) is 0 Å². The Kier molecular flexibility index (Phi) is 6.80. The highest BCUT2D eigenvalue weighted by atomic mass is 35.5. The lowest BCUT2D eigenvalue weighted by atomic mass is 9.95. The minimum atomic E-state index is -0.538. The first-order valence-electron chi connectivity index (χ1n) is 12.7. The third kappa shape index (κ3) is 4.50. The first-order valence-corrected chi connectivity index (χ1v) is 13.1. The van der Waals surface area contributed by atoms with Gasteiger partial charge in [0.15, 0.2) is 5.82 Å². The van der Waals surface area contributed by atoms with Gasteiger partial charge in [0.2, 0.25) is 11.9 Å². The van der Waals surface area contributed by atoms with Crippen molar-refractivity contribution in [3.63, 3.8) is 0 Å². The monoisotopic (exact) mass is 547 g/mol. The van der Waals surface area contributed by atoms with Gasteiger partial charge in [-0.05, 0) is 45.4 Å². The van der Waals surface area contributed by atoms with Crippen molar-refractivity contribution in [2.24, 2.45) is 7.05 Å². The van der Waals surface area contributed by atoms with Crippen LogP contribution in [0.2, 0.25) is 5.02 Å². The Morgan fingerprint density at radius 2 is 1.95 bits per heavy atom. The summed E-state index contributed by atoms with van der Waals surface area (Å²) >= 11 is 6.88. The lowest BCUT2D eigenvalue weighted by molar-refractivity contribution is -0.128. The molecule has 39 heavy (non-hydrogen) atoms. The summed E-state index contributed by atoms with van der Waals surface area (Å²) in [4.78, 5) is 25.6. The van der Waals surface area contributed by atoms with Gasteiger partial charge in [0.25, 0.3) is 0 Å². The lowest BCUT2D eigenvalue weighted by Crippen LogP contribution is -2.58. The van der Waals surface area contributed by atoms with Crippen molar-refractivity contribution in [2.45, 2.75) is 39.8 Å². The number of hydrogen-bond donors (Lipinski definition) is 1. The summed E-state index contributed by atoms with van der Waals surface area (Å²) in [6.45, 7) is 16.2. The van der Waals surface area contributed by atoms with Crippen LogP contribution < -0.4 is 10.2 Å². The van der Waals surface area contributed by atoms with Gasteiger partial charge in [-0.2, -0.15) is 10.1 Å². The number of anilines is 2. The molecule has 0 radical (unpaired) electrons. The van der Waals surface area contributed by atoms with Crippen molar-refractivity contribution in [1.29, 1.82) is 0 Å². The quantitative estimate of drug-likeness (QED) is 0.316. The Bertz CT molecular complexity index is 1660. The fraction of sp³-hybridized carbons (Fsp3) is 0.310. The smallest absolute Gasteiger partial charge is 0.246 e. The van der Waals surface area contributed by atoms with Gasteiger partial charge in [-0.25, -0.2) is 9.37 Å². The highest BCUT2D eigenvalue weighted by molar-refractivity contribution is 6.35. The van der Waals surface area contributed by atoms with Gasteiger partial charge in [-0.15, -0.1) is 0 Å². The van der Waals surface area contributed by atoms with E-state index in [-0.39, 0.29) is 40.0 Å². The maximum atomic E-state index is 16.7. The van der Waals surface area contributed by atoms with Crippen LogP contribution in [0.15, 0.2) is 49.3 Å². The molecular weight excluding hydrogens is 517 g/mol. The van der Waals surface area contributed by atoms with E-state index in [2.05, 4.69) is 33.5 Å². The molecule has 1 N–H and O–H groups in total. The molecule has 2 aromatic carbocycles. The van der Waals surface area contributed by atoms with E-state index in [1.54, 1.807) is 28.8 Å². The first-order chi connectivity index (χ1) is 18.5. The van der Waals surface area contributed by atoms with Gasteiger partial charge in [0.05, 0.1) is 16.7 Å². The second-order valence-corrected chi connectivity index (χ2v) is 10.6. The Hall–Kier alpha value is -3.98. The predicted octanol–water partition coefficient (Wildman–Crippen LogP) is 5.84. The summed E-state index contributed by atoms with van der Waals surface area (Å²) in [5.41, 5.74) is 3.36. The molecule has 1 fully saturated rings. The summed E-state index contributed by atoms with van der Waals surface area (Å²) in [6.07, 6.45) is 3.08. The second kappa shape index (κ2) is 9.96. The van der Waals surface area contributed by atoms with Crippen LogP contribution in [-0.4, -0.2) is 55.7 Å². The van der Waals surface area contributed by atoms with Crippen LogP contribution >= 0.6 is 11.6 Å². The molecule has 1 aliphatic rings. The van der Waals surface area contributed by atoms with Crippen LogP contribution in [0.4, 0.5) is 16.2 Å². The highest BCUT2D eigenvalue weighted by Gasteiger charge is 2.34. The van der Waals surface area contributed by atoms with Crippen LogP contribution in [0.5, 0.6) is 0 Å². The average Bonchev–Trinajstić information content (AvgIpc) is 3.26. The van der Waals surface area contributed by atoms with Crippen molar-refractivity contribution < 1.29 is 9.18 Å². The lowest BCUT2D eigenvalue weighted by Gasteiger charge is -2.44. The summed E-state index contributed by atoms with van der Waals surface area (Å²) < 4.78 is 18.4. The van der Waals surface area contributed by atoms with Gasteiger partial charge >= 0.3 is 0 Å². The molecule has 0 spiro atoms. The van der Waals surface area contributed by atoms with Gasteiger partial charge in [0.1, 0.15) is 11.3 Å². The number of piperazine rings is 1. The van der Waals surface area contributed by atoms with Crippen LogP contribution in [-0.2, 0) is 11.8 Å². The van der Waals surface area contributed by atoms with E-state index < -0.39 is 5.82 Å². The van der Waals surface area contributed by atoms with E-state index in [9.17, 15) is 4.79 Å². The number of carbonyl (C=O) groups is 1. The number of aryl methyl sites for hydroxylation is 2. The van der Waals surface area contributed by atoms with Crippen molar-refractivity contribution in [2.75, 3.05) is 23.3 Å². The number of benzene rings is 2. The van der Waals surface area contributed by atoms with Crippen molar-refractivity contribution in [3.05, 3.63) is 65.7 Å². The number of allylic oxidation sites excluding steroid dienone is 1. The SMILES string of the molecule is C=CC(=O)N1C[C@H](C)N(c2nc(NC(=C)C)nc3c(F)c(-c4c(C)ccc5cnn(C)c45)c(Cl)cc23)C[C@H]1C. The number of aromatic nitrogens is 4. The van der Waals surface area contributed by atoms with Gasteiger partial charge in [0, 0.05) is 59.8 Å². The molecule has 0 saturated carbocycles. The minimum absolute atomic E-state index is 0.104. The third-order valence-corrected chi connectivity index (χ3v) is 7.56. The summed E-state index contributed by atoms with van der Waals surface area (Å²) in [6, 6.07) is 5.42. The zero-order valence-corrected chi connectivity index (χ0v) is 23.5. The Balaban J connectivity index is 1.75. The van der Waals surface area contributed by atoms with Crippen LogP contribution in [0.1, 0.15) is 26.3 Å². The molecule has 2 atom stereocenters. The topological polar surface area (TPSA) is 79.2 Å². The number of rotatable bonds is 5. The fourth-order valence-electron chi connectivity index (χ4n) is 5.40. The van der Waals surface area contributed by atoms with Crippen molar-refractivity contribution in [1.82, 2.24) is 24.6 Å². The maximum absolute atomic E-state index is 16.7. The Morgan fingerprint density at radius 1 is 1.21 bits per heavy atom. The second-order valence-electron chi connectivity index (χ2n) is 10.2. The number of hydrogen-bond acceptors (Lipinski definition) is 6. The van der Waals surface area contributed by atoms with Crippen LogP contribution in [0.25, 0.3) is 32.9 Å². The number of nitrogens with one attached hydrogen (secondary N) is 1. The van der Waals surface area contributed by atoms with E-state index in [1.807, 2.05) is 40.0 Å². The molecule has 0 aliphatic carbocycles. The normalized spacial score (nSPS) is 17.6. The van der Waals surface area contributed by atoms with Crippen molar-refractivity contribution in [3.8, 4) is 11.1 Å². The third-order valence-electron chi connectivity index (χ3n) is 7.26. The number of nitrogens with zero attached hydrogens (tertiary/aromatic N) is 6. The predicted molar refractivity (Wildman–Crippen MR) is 156 cm³/mol. The van der Waals surface area contributed by atoms with E-state index >= 15 is 4.39 Å². The standard InChI is InChI=1S/C29H31ClFN7O/c1-8-22(39)37-13-18(6)38(14-17(37)5)28-20-11-21(30)24(25(31)26(20)34-29(35-28)33-15(2)3)23-16(4)9-10-19-12-32-36(7)27(19)23/h8-12,17-18H,1-2,13-14H2,3-7H3,(H,33,34,35)/t17-,18+/m1/s1. The number of halogens is 2. The Labute approximate surface area is 231 Å². The number of fused-ring (bicyclic) bond motifs is 2. The molecular formula is C29H31ClFN7O. The molecule has 202 valence electrons. The van der Waals surface area contributed by atoms with Crippen LogP contribution in [0, 0.1) is 12.7 Å². The van der Waals surface area contributed by atoms with E-state index in [0.29, 0.717) is 35.6 Å². The molecule has 0 unspecified atom stereocenters. The van der Waals surface area contributed by atoms with Crippen molar-refractivity contribution >= 4 is 51.1 Å². The van der Waals surface area contributed by atoms with E-state index in [1.165, 1.54) is 6.08 Å². The molecule has 1 amide bonds. The number of carbonyl (C=O) groups excluding carboxylic acids is 1. The van der Waals surface area contributed by atoms with E-state index in [0.717, 1.165) is 16.5 Å². The molecule has 1 aliphatic heterocycles. The molecule has 2 aromatic heterocycles. The van der Waals surface area contributed by atoms with Gasteiger partial charge in [-0.3, -0.25) is 9.48 Å². The fourth-order valence-corrected chi connectivity index (χ4v) is 5.69. The summed E-state index contributed by atoms with van der Waals surface area (Å²) in [7, 11) is 1.83. The Morgan fingerprint density at radius 3 is 2.64 bits per heavy atom. The number of amides is 1. The first kappa shape index (κ1) is 26.6. The van der Waals surface area contributed by atoms with E-state index in [4.69, 9.17) is 16.6 Å². The summed E-state index contributed by atoms with van der Waals surface area (Å²) in [5, 5.41) is 9.05. The zero-order chi connectivity index (χ0) is 28.2. The van der Waals surface area contributed by atoms with Gasteiger partial charge < -0.3 is 15.1 Å². The summed E-state index contributed by atoms with van der Waals surface area (Å²) in [5.74, 6) is 0.113. The largest absolute Gasteiger partial charge is 0.349 e. The molecule has 3 heterocycles. The van der Waals surface area contributed by atoms with Gasteiger partial charge in [-0.1, -0.05) is 36.9 Å². The molecule has 0 bridgehead atoms. The molecule has 1 saturated heterocycles. The highest BCUT2D eigenvalue weighted by Crippen LogP contribution is 2.42. The molecule has 10 heteroatoms. The maximum Gasteiger partial charge on any atom is 0.246 e. The average molecular weight is 548 g/mol. The molecule has 5 rings (SSSR count).